The molecule has 0 aliphatic heterocycles. The van der Waals surface area contributed by atoms with E-state index >= 15 is 0 Å². The summed E-state index contributed by atoms with van der Waals surface area (Å²) < 4.78 is 0. The van der Waals surface area contributed by atoms with Crippen molar-refractivity contribution in [1.29, 1.82) is 0 Å². The zero-order valence-electron chi connectivity index (χ0n) is 10.5. The average molecular weight is 348 g/mol. The number of hydrogen-bond donors (Lipinski definition) is 1. The Kier molecular flexibility index (Phi) is 9.11. The van der Waals surface area contributed by atoms with E-state index in [0.717, 1.165) is 6.16 Å². The maximum atomic E-state index is 9.18. The van der Waals surface area contributed by atoms with Crippen LogP contribution < -0.4 is 10.6 Å². The zero-order valence-corrected chi connectivity index (χ0v) is 13.4. The van der Waals surface area contributed by atoms with Gasteiger partial charge < -0.3 is 12.5 Å². The van der Waals surface area contributed by atoms with Crippen LogP contribution in [0.1, 0.15) is 0 Å². The molecule has 2 aromatic rings. The fourth-order valence-corrected chi connectivity index (χ4v) is 4.17. The molecule has 0 amide bonds. The third-order valence-corrected chi connectivity index (χ3v) is 5.39. The molecule has 0 heterocycles. The molecule has 0 fully saturated rings. The first kappa shape index (κ1) is 17.5. The summed E-state index contributed by atoms with van der Waals surface area (Å²) in [4.78, 5) is 0. The first-order chi connectivity index (χ1) is 7.92. The number of rotatable bonds is 4. The van der Waals surface area contributed by atoms with E-state index in [4.69, 9.17) is 0 Å². The van der Waals surface area contributed by atoms with Crippen molar-refractivity contribution in [3.63, 3.8) is 0 Å². The standard InChI is InChI=1S/C14H15OP.CH3.Ru.H/c15-11-12-16(13-7-3-1-4-8-13)14-9-5-2-6-10-14;;;/h1-10,15H,11-12H2;1H3;;/q;-1;+1;/p+1. The van der Waals surface area contributed by atoms with E-state index in [1.54, 1.807) is 0 Å². The zero-order chi connectivity index (χ0) is 11.2. The fraction of sp³-hybridized carbons (Fsp3) is 0.133. The maximum absolute atomic E-state index is 9.18. The molecule has 0 unspecified atom stereocenters. The Morgan fingerprint density at radius 2 is 1.17 bits per heavy atom. The molecule has 0 atom stereocenters. The quantitative estimate of drug-likeness (QED) is 0.509. The third kappa shape index (κ3) is 4.61. The summed E-state index contributed by atoms with van der Waals surface area (Å²) >= 11 is 0. The molecule has 1 radical (unpaired) electrons. The molecule has 2 rings (SSSR count). The van der Waals surface area contributed by atoms with Crippen LogP contribution in [0.15, 0.2) is 60.7 Å². The molecule has 2 aromatic carbocycles. The van der Waals surface area contributed by atoms with Crippen LogP contribution in [-0.2, 0) is 19.5 Å². The van der Waals surface area contributed by atoms with Gasteiger partial charge in [-0.15, -0.1) is 0 Å². The minimum atomic E-state index is -0.801. The van der Waals surface area contributed by atoms with E-state index in [2.05, 4.69) is 48.5 Å². The van der Waals surface area contributed by atoms with E-state index in [-0.39, 0.29) is 33.5 Å². The first-order valence-electron chi connectivity index (χ1n) is 5.49. The van der Waals surface area contributed by atoms with Gasteiger partial charge in [0.2, 0.25) is 0 Å². The van der Waals surface area contributed by atoms with Crippen molar-refractivity contribution in [2.45, 2.75) is 0 Å². The molecule has 0 aliphatic rings. The number of benzene rings is 2. The third-order valence-electron chi connectivity index (χ3n) is 2.61. The first-order valence-corrected chi connectivity index (χ1v) is 7.20. The second-order valence-electron chi connectivity index (χ2n) is 3.68. The van der Waals surface area contributed by atoms with E-state index in [0.29, 0.717) is 0 Å². The molecule has 18 heavy (non-hydrogen) atoms. The minimum absolute atomic E-state index is 0. The van der Waals surface area contributed by atoms with Crippen molar-refractivity contribution in [3.05, 3.63) is 68.1 Å². The van der Waals surface area contributed by atoms with Crippen LogP contribution in [0.4, 0.5) is 0 Å². The van der Waals surface area contributed by atoms with Crippen molar-refractivity contribution in [2.75, 3.05) is 12.8 Å². The topological polar surface area (TPSA) is 20.2 Å². The van der Waals surface area contributed by atoms with E-state index in [9.17, 15) is 5.11 Å². The van der Waals surface area contributed by atoms with Crippen molar-refractivity contribution < 1.29 is 24.6 Å². The van der Waals surface area contributed by atoms with Gasteiger partial charge in [0.25, 0.3) is 0 Å². The molecular weight excluding hydrogens is 328 g/mol. The average Bonchev–Trinajstić information content (AvgIpc) is 2.38. The van der Waals surface area contributed by atoms with Crippen LogP contribution in [0, 0.1) is 7.43 Å². The van der Waals surface area contributed by atoms with Gasteiger partial charge in [-0.1, -0.05) is 36.4 Å². The van der Waals surface area contributed by atoms with Gasteiger partial charge in [0, 0.05) is 0 Å². The second kappa shape index (κ2) is 9.39. The molecule has 0 bridgehead atoms. The Hall–Kier alpha value is -0.547. The number of hydrogen-bond acceptors (Lipinski definition) is 1. The Morgan fingerprint density at radius 3 is 1.50 bits per heavy atom. The van der Waals surface area contributed by atoms with E-state index in [1.165, 1.54) is 10.6 Å². The Labute approximate surface area is 124 Å². The molecule has 0 aliphatic carbocycles. The second-order valence-corrected chi connectivity index (χ2v) is 6.30. The molecule has 98 valence electrons. The van der Waals surface area contributed by atoms with E-state index < -0.39 is 7.92 Å². The van der Waals surface area contributed by atoms with Crippen LogP contribution in [0.5, 0.6) is 0 Å². The fourth-order valence-electron chi connectivity index (χ4n) is 1.85. The summed E-state index contributed by atoms with van der Waals surface area (Å²) in [6, 6.07) is 21.0. The molecule has 3 heteroatoms. The number of aliphatic hydroxyl groups excluding tert-OH is 1. The predicted octanol–water partition coefficient (Wildman–Crippen LogP) is 2.02. The predicted molar refractivity (Wildman–Crippen MR) is 80.2 cm³/mol. The molecule has 1 N–H and O–H groups in total. The van der Waals surface area contributed by atoms with Crippen LogP contribution in [0.3, 0.4) is 0 Å². The van der Waals surface area contributed by atoms with Gasteiger partial charge in [0.1, 0.15) is 0 Å². The molecule has 0 saturated heterocycles. The summed E-state index contributed by atoms with van der Waals surface area (Å²) in [7, 11) is -0.801. The van der Waals surface area contributed by atoms with Gasteiger partial charge in [-0.3, -0.25) is 0 Å². The van der Waals surface area contributed by atoms with Gasteiger partial charge in [-0.05, 0) is 24.3 Å². The van der Waals surface area contributed by atoms with Gasteiger partial charge in [-0.2, -0.15) is 0 Å². The van der Waals surface area contributed by atoms with Crippen LogP contribution in [-0.4, -0.2) is 17.9 Å². The summed E-state index contributed by atoms with van der Waals surface area (Å²) in [6.07, 6.45) is 0.874. The van der Waals surface area contributed by atoms with Crippen molar-refractivity contribution in [1.82, 2.24) is 0 Å². The molecular formula is C15H20OPRu+. The van der Waals surface area contributed by atoms with Crippen molar-refractivity contribution in [2.24, 2.45) is 0 Å². The van der Waals surface area contributed by atoms with Crippen LogP contribution >= 0.6 is 7.92 Å². The van der Waals surface area contributed by atoms with Crippen molar-refractivity contribution >= 4 is 18.5 Å². The van der Waals surface area contributed by atoms with Gasteiger partial charge in [-0.25, -0.2) is 0 Å². The van der Waals surface area contributed by atoms with Gasteiger partial charge >= 0.3 is 19.5 Å². The normalized spacial score (nSPS) is 9.44. The van der Waals surface area contributed by atoms with Crippen molar-refractivity contribution in [3.8, 4) is 0 Å². The summed E-state index contributed by atoms with van der Waals surface area (Å²) in [5, 5.41) is 11.9. The summed E-state index contributed by atoms with van der Waals surface area (Å²) in [5.41, 5.74) is 0. The SMILES string of the molecule is OCC[PH+](c1ccccc1)c1ccccc1.[CH3-].[RuH+]. The summed E-state index contributed by atoms with van der Waals surface area (Å²) in [5.74, 6) is 0. The van der Waals surface area contributed by atoms with Crippen LogP contribution in [0.2, 0.25) is 0 Å². The Bertz CT molecular complexity index is 380. The van der Waals surface area contributed by atoms with E-state index in [1.807, 2.05) is 12.1 Å². The van der Waals surface area contributed by atoms with Gasteiger partial charge in [0.05, 0.1) is 31.3 Å². The Balaban J connectivity index is 0.00000144. The number of aliphatic hydroxyl groups is 1. The summed E-state index contributed by atoms with van der Waals surface area (Å²) in [6.45, 7) is 0.262. The molecule has 0 aromatic heterocycles. The molecule has 0 saturated carbocycles. The van der Waals surface area contributed by atoms with Gasteiger partial charge in [0.15, 0.2) is 0 Å². The monoisotopic (exact) mass is 349 g/mol. The molecule has 0 spiro atoms. The molecule has 1 nitrogen and oxygen atoms in total. The Morgan fingerprint density at radius 1 is 0.778 bits per heavy atom. The van der Waals surface area contributed by atoms with Crippen LogP contribution in [0.25, 0.3) is 0 Å².